The summed E-state index contributed by atoms with van der Waals surface area (Å²) in [5.41, 5.74) is 7.16. The van der Waals surface area contributed by atoms with Crippen molar-refractivity contribution in [3.8, 4) is 0 Å². The monoisotopic (exact) mass is 241 g/mol. The van der Waals surface area contributed by atoms with E-state index in [4.69, 9.17) is 5.73 Å². The summed E-state index contributed by atoms with van der Waals surface area (Å²) in [6, 6.07) is 9.37. The minimum absolute atomic E-state index is 0.403. The molecular weight excluding hydrogens is 222 g/mol. The van der Waals surface area contributed by atoms with Gasteiger partial charge in [-0.2, -0.15) is 0 Å². The molecule has 0 unspecified atom stereocenters. The molecule has 3 rings (SSSR count). The molecule has 0 saturated heterocycles. The van der Waals surface area contributed by atoms with Crippen LogP contribution in [0, 0.1) is 0 Å². The van der Waals surface area contributed by atoms with Crippen molar-refractivity contribution < 1.29 is 0 Å². The number of hydrogen-bond donors (Lipinski definition) is 2. The Labute approximate surface area is 107 Å². The van der Waals surface area contributed by atoms with Crippen molar-refractivity contribution in [1.29, 1.82) is 0 Å². The second-order valence-corrected chi connectivity index (χ2v) is 5.16. The SMILES string of the molecule is N[C@H]1CC[C@H](Nc2cccc3cnccc23)CC1. The Kier molecular flexibility index (Phi) is 3.15. The third-order valence-corrected chi connectivity index (χ3v) is 3.81. The zero-order valence-corrected chi connectivity index (χ0v) is 10.5. The molecule has 18 heavy (non-hydrogen) atoms. The van der Waals surface area contributed by atoms with Crippen molar-refractivity contribution in [2.45, 2.75) is 37.8 Å². The molecule has 94 valence electrons. The van der Waals surface area contributed by atoms with E-state index in [1.54, 1.807) is 0 Å². The fourth-order valence-corrected chi connectivity index (χ4v) is 2.73. The van der Waals surface area contributed by atoms with Gasteiger partial charge in [0.2, 0.25) is 0 Å². The van der Waals surface area contributed by atoms with Crippen LogP contribution in [-0.2, 0) is 0 Å². The molecule has 0 radical (unpaired) electrons. The topological polar surface area (TPSA) is 50.9 Å². The Morgan fingerprint density at radius 3 is 2.78 bits per heavy atom. The summed E-state index contributed by atoms with van der Waals surface area (Å²) in [5, 5.41) is 6.10. The Morgan fingerprint density at radius 2 is 1.94 bits per heavy atom. The van der Waals surface area contributed by atoms with Gasteiger partial charge in [0.15, 0.2) is 0 Å². The molecule has 3 nitrogen and oxygen atoms in total. The van der Waals surface area contributed by atoms with Crippen LogP contribution in [0.25, 0.3) is 10.8 Å². The Hall–Kier alpha value is -1.61. The van der Waals surface area contributed by atoms with Crippen molar-refractivity contribution >= 4 is 16.5 Å². The van der Waals surface area contributed by atoms with E-state index in [1.165, 1.54) is 29.3 Å². The van der Waals surface area contributed by atoms with Gasteiger partial charge in [-0.1, -0.05) is 12.1 Å². The summed E-state index contributed by atoms with van der Waals surface area (Å²) in [6.45, 7) is 0. The quantitative estimate of drug-likeness (QED) is 0.850. The lowest BCUT2D eigenvalue weighted by atomic mass is 9.91. The van der Waals surface area contributed by atoms with Gasteiger partial charge in [-0.15, -0.1) is 0 Å². The summed E-state index contributed by atoms with van der Waals surface area (Å²) < 4.78 is 0. The highest BCUT2D eigenvalue weighted by Crippen LogP contribution is 2.26. The predicted octanol–water partition coefficient (Wildman–Crippen LogP) is 2.92. The maximum absolute atomic E-state index is 5.94. The third kappa shape index (κ3) is 2.31. The van der Waals surface area contributed by atoms with Crippen LogP contribution in [0.5, 0.6) is 0 Å². The second-order valence-electron chi connectivity index (χ2n) is 5.16. The fraction of sp³-hybridized carbons (Fsp3) is 0.400. The smallest absolute Gasteiger partial charge is 0.0423 e. The third-order valence-electron chi connectivity index (χ3n) is 3.81. The van der Waals surface area contributed by atoms with Gasteiger partial charge in [0, 0.05) is 40.9 Å². The van der Waals surface area contributed by atoms with E-state index in [9.17, 15) is 0 Å². The molecule has 3 heteroatoms. The normalized spacial score (nSPS) is 24.1. The van der Waals surface area contributed by atoms with E-state index in [2.05, 4.69) is 34.6 Å². The molecular formula is C15H19N3. The van der Waals surface area contributed by atoms with Gasteiger partial charge in [-0.3, -0.25) is 4.98 Å². The van der Waals surface area contributed by atoms with E-state index in [-0.39, 0.29) is 0 Å². The van der Waals surface area contributed by atoms with E-state index in [0.717, 1.165) is 12.8 Å². The summed E-state index contributed by atoms with van der Waals surface area (Å²) in [6.07, 6.45) is 8.36. The fourth-order valence-electron chi connectivity index (χ4n) is 2.73. The molecule has 1 aromatic heterocycles. The number of pyridine rings is 1. The molecule has 1 aromatic carbocycles. The minimum atomic E-state index is 0.403. The molecule has 1 aliphatic rings. The second kappa shape index (κ2) is 4.94. The number of benzene rings is 1. The largest absolute Gasteiger partial charge is 0.382 e. The molecule has 0 bridgehead atoms. The lowest BCUT2D eigenvalue weighted by Gasteiger charge is -2.28. The van der Waals surface area contributed by atoms with Gasteiger partial charge < -0.3 is 11.1 Å². The molecule has 1 aliphatic carbocycles. The summed E-state index contributed by atoms with van der Waals surface area (Å²) >= 11 is 0. The van der Waals surface area contributed by atoms with Crippen molar-refractivity contribution in [2.24, 2.45) is 5.73 Å². The highest BCUT2D eigenvalue weighted by molar-refractivity contribution is 5.93. The Balaban J connectivity index is 1.82. The molecule has 2 aromatic rings. The van der Waals surface area contributed by atoms with Crippen LogP contribution < -0.4 is 11.1 Å². The first-order chi connectivity index (χ1) is 8.83. The number of anilines is 1. The average Bonchev–Trinajstić information content (AvgIpc) is 2.42. The van der Waals surface area contributed by atoms with Crippen molar-refractivity contribution in [3.05, 3.63) is 36.7 Å². The molecule has 3 N–H and O–H groups in total. The summed E-state index contributed by atoms with van der Waals surface area (Å²) in [4.78, 5) is 4.17. The van der Waals surface area contributed by atoms with Gasteiger partial charge in [-0.05, 0) is 37.8 Å². The summed E-state index contributed by atoms with van der Waals surface area (Å²) in [5.74, 6) is 0. The molecule has 0 amide bonds. The molecule has 1 fully saturated rings. The Morgan fingerprint density at radius 1 is 1.11 bits per heavy atom. The van der Waals surface area contributed by atoms with Crippen LogP contribution in [-0.4, -0.2) is 17.1 Å². The van der Waals surface area contributed by atoms with Crippen molar-refractivity contribution in [3.63, 3.8) is 0 Å². The minimum Gasteiger partial charge on any atom is -0.382 e. The van der Waals surface area contributed by atoms with E-state index < -0.39 is 0 Å². The van der Waals surface area contributed by atoms with Crippen LogP contribution in [0.15, 0.2) is 36.7 Å². The van der Waals surface area contributed by atoms with Gasteiger partial charge in [0.1, 0.15) is 0 Å². The lowest BCUT2D eigenvalue weighted by Crippen LogP contribution is -2.32. The van der Waals surface area contributed by atoms with Crippen molar-refractivity contribution in [2.75, 3.05) is 5.32 Å². The maximum atomic E-state index is 5.94. The zero-order chi connectivity index (χ0) is 12.4. The first-order valence-corrected chi connectivity index (χ1v) is 6.68. The Bertz CT molecular complexity index is 525. The van der Waals surface area contributed by atoms with Crippen LogP contribution >= 0.6 is 0 Å². The van der Waals surface area contributed by atoms with Crippen LogP contribution in [0.2, 0.25) is 0 Å². The van der Waals surface area contributed by atoms with E-state index in [1.807, 2.05) is 12.4 Å². The number of rotatable bonds is 2. The highest BCUT2D eigenvalue weighted by Gasteiger charge is 2.18. The number of fused-ring (bicyclic) bond motifs is 1. The van der Waals surface area contributed by atoms with Gasteiger partial charge in [-0.25, -0.2) is 0 Å². The molecule has 0 spiro atoms. The number of aromatic nitrogens is 1. The van der Waals surface area contributed by atoms with Crippen LogP contribution in [0.4, 0.5) is 5.69 Å². The highest BCUT2D eigenvalue weighted by atomic mass is 14.9. The number of nitrogens with two attached hydrogens (primary N) is 1. The summed E-state index contributed by atoms with van der Waals surface area (Å²) in [7, 11) is 0. The van der Waals surface area contributed by atoms with Crippen LogP contribution in [0.3, 0.4) is 0 Å². The molecule has 0 atom stereocenters. The lowest BCUT2D eigenvalue weighted by molar-refractivity contribution is 0.411. The van der Waals surface area contributed by atoms with Crippen molar-refractivity contribution in [1.82, 2.24) is 4.98 Å². The molecule has 1 saturated carbocycles. The number of nitrogens with zero attached hydrogens (tertiary/aromatic N) is 1. The number of hydrogen-bond acceptors (Lipinski definition) is 3. The van der Waals surface area contributed by atoms with E-state index >= 15 is 0 Å². The van der Waals surface area contributed by atoms with Gasteiger partial charge >= 0.3 is 0 Å². The van der Waals surface area contributed by atoms with E-state index in [0.29, 0.717) is 12.1 Å². The standard InChI is InChI=1S/C15H19N3/c16-12-4-6-13(7-5-12)18-15-3-1-2-11-10-17-9-8-14(11)15/h1-3,8-10,12-13,18H,4-7,16H2/t12-,13-. The first-order valence-electron chi connectivity index (χ1n) is 6.68. The maximum Gasteiger partial charge on any atom is 0.0423 e. The van der Waals surface area contributed by atoms with Gasteiger partial charge in [0.05, 0.1) is 0 Å². The number of nitrogens with one attached hydrogen (secondary N) is 1. The predicted molar refractivity (Wildman–Crippen MR) is 75.6 cm³/mol. The molecule has 0 aliphatic heterocycles. The zero-order valence-electron chi connectivity index (χ0n) is 10.5. The first kappa shape index (κ1) is 11.5. The average molecular weight is 241 g/mol. The van der Waals surface area contributed by atoms with Gasteiger partial charge in [0.25, 0.3) is 0 Å². The van der Waals surface area contributed by atoms with Crippen LogP contribution in [0.1, 0.15) is 25.7 Å². The molecule has 1 heterocycles.